The molecule has 96 valence electrons. The van der Waals surface area contributed by atoms with Gasteiger partial charge in [-0.15, -0.1) is 0 Å². The lowest BCUT2D eigenvalue weighted by atomic mass is 10.2. The van der Waals surface area contributed by atoms with Crippen molar-refractivity contribution in [2.45, 2.75) is 13.3 Å². The lowest BCUT2D eigenvalue weighted by molar-refractivity contribution is -0.384. The highest BCUT2D eigenvalue weighted by Gasteiger charge is 2.11. The van der Waals surface area contributed by atoms with Gasteiger partial charge in [0.1, 0.15) is 24.0 Å². The van der Waals surface area contributed by atoms with E-state index in [1.165, 1.54) is 18.2 Å². The largest absolute Gasteiger partial charge is 0.490 e. The number of nitro groups is 1. The Labute approximate surface area is 105 Å². The summed E-state index contributed by atoms with van der Waals surface area (Å²) in [4.78, 5) is 10.0. The maximum Gasteiger partial charge on any atom is 0.271 e. The van der Waals surface area contributed by atoms with Crippen molar-refractivity contribution in [2.24, 2.45) is 0 Å². The standard InChI is InChI=1S/C12H14N2O4/c1-2-5-17-6-7-18-12-4-3-11(14(15)16)8-10(12)9-13/h3-4,8H,2,5-7H2,1H3. The minimum absolute atomic E-state index is 0.124. The molecule has 1 aromatic rings. The summed E-state index contributed by atoms with van der Waals surface area (Å²) in [5.74, 6) is 0.336. The molecule has 0 bridgehead atoms. The summed E-state index contributed by atoms with van der Waals surface area (Å²) in [5, 5.41) is 19.4. The quantitative estimate of drug-likeness (QED) is 0.421. The predicted molar refractivity (Wildman–Crippen MR) is 64.4 cm³/mol. The van der Waals surface area contributed by atoms with Gasteiger partial charge in [0.05, 0.1) is 11.5 Å². The number of ether oxygens (including phenoxy) is 2. The Morgan fingerprint density at radius 3 is 2.78 bits per heavy atom. The molecular weight excluding hydrogens is 236 g/mol. The van der Waals surface area contributed by atoms with E-state index in [0.29, 0.717) is 25.6 Å². The van der Waals surface area contributed by atoms with Crippen LogP contribution in [0.2, 0.25) is 0 Å². The first-order valence-corrected chi connectivity index (χ1v) is 5.58. The highest BCUT2D eigenvalue weighted by atomic mass is 16.6. The van der Waals surface area contributed by atoms with Gasteiger partial charge in [-0.1, -0.05) is 6.92 Å². The number of benzene rings is 1. The van der Waals surface area contributed by atoms with Crippen LogP contribution < -0.4 is 4.74 Å². The van der Waals surface area contributed by atoms with Gasteiger partial charge < -0.3 is 9.47 Å². The molecule has 1 rings (SSSR count). The van der Waals surface area contributed by atoms with E-state index in [9.17, 15) is 10.1 Å². The van der Waals surface area contributed by atoms with E-state index in [0.717, 1.165) is 6.42 Å². The Bertz CT molecular complexity index is 454. The molecule has 6 nitrogen and oxygen atoms in total. The minimum Gasteiger partial charge on any atom is -0.490 e. The summed E-state index contributed by atoms with van der Waals surface area (Å²) in [6.07, 6.45) is 0.932. The van der Waals surface area contributed by atoms with E-state index >= 15 is 0 Å². The maximum atomic E-state index is 10.5. The van der Waals surface area contributed by atoms with Crippen molar-refractivity contribution in [1.29, 1.82) is 5.26 Å². The molecular formula is C12H14N2O4. The van der Waals surface area contributed by atoms with E-state index in [2.05, 4.69) is 0 Å². The highest BCUT2D eigenvalue weighted by Crippen LogP contribution is 2.23. The molecule has 6 heteroatoms. The summed E-state index contributed by atoms with van der Waals surface area (Å²) < 4.78 is 10.6. The van der Waals surface area contributed by atoms with E-state index in [1.807, 2.05) is 13.0 Å². The van der Waals surface area contributed by atoms with E-state index in [4.69, 9.17) is 14.7 Å². The molecule has 0 aliphatic heterocycles. The molecule has 0 aliphatic rings. The van der Waals surface area contributed by atoms with Crippen LogP contribution in [0.15, 0.2) is 18.2 Å². The fourth-order valence-corrected chi connectivity index (χ4v) is 1.30. The second kappa shape index (κ2) is 7.25. The SMILES string of the molecule is CCCOCCOc1ccc([N+](=O)[O-])cc1C#N. The van der Waals surface area contributed by atoms with Crippen molar-refractivity contribution in [3.8, 4) is 11.8 Å². The molecule has 0 atom stereocenters. The van der Waals surface area contributed by atoms with Crippen molar-refractivity contribution in [3.63, 3.8) is 0 Å². The third kappa shape index (κ3) is 4.03. The topological polar surface area (TPSA) is 85.4 Å². The van der Waals surface area contributed by atoms with Gasteiger partial charge in [-0.05, 0) is 12.5 Å². The number of nitro benzene ring substituents is 1. The third-order valence-corrected chi connectivity index (χ3v) is 2.13. The van der Waals surface area contributed by atoms with Gasteiger partial charge in [-0.25, -0.2) is 0 Å². The average Bonchev–Trinajstić information content (AvgIpc) is 2.38. The number of nitriles is 1. The first-order chi connectivity index (χ1) is 8.69. The smallest absolute Gasteiger partial charge is 0.271 e. The van der Waals surface area contributed by atoms with E-state index in [1.54, 1.807) is 0 Å². The van der Waals surface area contributed by atoms with Crippen molar-refractivity contribution < 1.29 is 14.4 Å². The summed E-state index contributed by atoms with van der Waals surface area (Å²) in [6.45, 7) is 3.40. The molecule has 0 unspecified atom stereocenters. The Morgan fingerprint density at radius 1 is 1.39 bits per heavy atom. The lowest BCUT2D eigenvalue weighted by Gasteiger charge is -2.07. The lowest BCUT2D eigenvalue weighted by Crippen LogP contribution is -2.08. The second-order valence-corrected chi connectivity index (χ2v) is 3.51. The van der Waals surface area contributed by atoms with Crippen LogP contribution in [-0.2, 0) is 4.74 Å². The Hall–Kier alpha value is -2.13. The molecule has 0 N–H and O–H groups in total. The molecule has 0 aliphatic carbocycles. The van der Waals surface area contributed by atoms with Gasteiger partial charge in [0.2, 0.25) is 0 Å². The highest BCUT2D eigenvalue weighted by molar-refractivity contribution is 5.50. The number of hydrogen-bond acceptors (Lipinski definition) is 5. The normalized spacial score (nSPS) is 9.78. The monoisotopic (exact) mass is 250 g/mol. The van der Waals surface area contributed by atoms with Gasteiger partial charge in [-0.3, -0.25) is 10.1 Å². The Balaban J connectivity index is 2.61. The minimum atomic E-state index is -0.547. The fourth-order valence-electron chi connectivity index (χ4n) is 1.30. The average molecular weight is 250 g/mol. The van der Waals surface area contributed by atoms with E-state index in [-0.39, 0.29) is 11.3 Å². The molecule has 0 fully saturated rings. The third-order valence-electron chi connectivity index (χ3n) is 2.13. The van der Waals surface area contributed by atoms with Gasteiger partial charge in [0.15, 0.2) is 0 Å². The Kier molecular flexibility index (Phi) is 5.61. The summed E-state index contributed by atoms with van der Waals surface area (Å²) in [7, 11) is 0. The fraction of sp³-hybridized carbons (Fsp3) is 0.417. The molecule has 0 aromatic heterocycles. The molecule has 0 heterocycles. The number of non-ortho nitro benzene ring substituents is 1. The van der Waals surface area contributed by atoms with Crippen LogP contribution in [0.3, 0.4) is 0 Å². The van der Waals surface area contributed by atoms with Crippen LogP contribution in [0.1, 0.15) is 18.9 Å². The number of rotatable bonds is 7. The zero-order valence-electron chi connectivity index (χ0n) is 10.1. The van der Waals surface area contributed by atoms with Gasteiger partial charge in [-0.2, -0.15) is 5.26 Å². The first-order valence-electron chi connectivity index (χ1n) is 5.58. The van der Waals surface area contributed by atoms with Crippen molar-refractivity contribution in [3.05, 3.63) is 33.9 Å². The second-order valence-electron chi connectivity index (χ2n) is 3.51. The van der Waals surface area contributed by atoms with Crippen molar-refractivity contribution in [1.82, 2.24) is 0 Å². The Morgan fingerprint density at radius 2 is 2.17 bits per heavy atom. The van der Waals surface area contributed by atoms with Crippen molar-refractivity contribution in [2.75, 3.05) is 19.8 Å². The van der Waals surface area contributed by atoms with E-state index < -0.39 is 4.92 Å². The molecule has 0 amide bonds. The van der Waals surface area contributed by atoms with Gasteiger partial charge >= 0.3 is 0 Å². The summed E-state index contributed by atoms with van der Waals surface area (Å²) >= 11 is 0. The zero-order chi connectivity index (χ0) is 13.4. The summed E-state index contributed by atoms with van der Waals surface area (Å²) in [5.41, 5.74) is 0.0285. The molecule has 1 aromatic carbocycles. The maximum absolute atomic E-state index is 10.5. The number of hydrogen-bond donors (Lipinski definition) is 0. The van der Waals surface area contributed by atoms with Crippen LogP contribution >= 0.6 is 0 Å². The van der Waals surface area contributed by atoms with Crippen molar-refractivity contribution >= 4 is 5.69 Å². The predicted octanol–water partition coefficient (Wildman–Crippen LogP) is 2.27. The van der Waals surface area contributed by atoms with Crippen LogP contribution in [0, 0.1) is 21.4 Å². The van der Waals surface area contributed by atoms with Crippen LogP contribution in [-0.4, -0.2) is 24.7 Å². The van der Waals surface area contributed by atoms with Gasteiger partial charge in [0.25, 0.3) is 5.69 Å². The van der Waals surface area contributed by atoms with Gasteiger partial charge in [0, 0.05) is 18.7 Å². The molecule has 0 spiro atoms. The molecule has 18 heavy (non-hydrogen) atoms. The van der Waals surface area contributed by atoms with Crippen LogP contribution in [0.4, 0.5) is 5.69 Å². The van der Waals surface area contributed by atoms with Crippen LogP contribution in [0.5, 0.6) is 5.75 Å². The molecule has 0 saturated carbocycles. The van der Waals surface area contributed by atoms with Crippen LogP contribution in [0.25, 0.3) is 0 Å². The molecule has 0 radical (unpaired) electrons. The number of nitrogens with zero attached hydrogens (tertiary/aromatic N) is 2. The first kappa shape index (κ1) is 13.9. The summed E-state index contributed by atoms with van der Waals surface area (Å²) in [6, 6.07) is 5.81. The zero-order valence-corrected chi connectivity index (χ0v) is 10.1. The molecule has 0 saturated heterocycles.